The Morgan fingerprint density at radius 1 is 0.882 bits per heavy atom. The molecule has 51 heavy (non-hydrogen) atoms. The SMILES string of the molecule is COC[C@H]1CCCN1C1CCN(S(=O)(=O)NC(=O)c2cc(N3CCC(CN4CCCC4)CC3)c3c(C4CCC4)nn(-c4ccccc4)c3n2)CC1. The molecule has 3 aromatic rings. The first-order chi connectivity index (χ1) is 24.9. The maximum absolute atomic E-state index is 14.0. The number of piperidine rings is 2. The van der Waals surface area contributed by atoms with Crippen LogP contribution < -0.4 is 9.62 Å². The second-order valence-electron chi connectivity index (χ2n) is 15.5. The molecular formula is C38H54N8O4S. The fraction of sp³-hybridized carbons (Fsp3) is 0.658. The summed E-state index contributed by atoms with van der Waals surface area (Å²) in [4.78, 5) is 26.4. The van der Waals surface area contributed by atoms with E-state index in [1.165, 1.54) is 36.7 Å². The molecule has 1 aliphatic carbocycles. The Morgan fingerprint density at radius 2 is 1.63 bits per heavy atom. The summed E-state index contributed by atoms with van der Waals surface area (Å²) in [6.45, 7) is 7.82. The zero-order valence-electron chi connectivity index (χ0n) is 30.1. The first-order valence-electron chi connectivity index (χ1n) is 19.4. The Morgan fingerprint density at radius 3 is 2.31 bits per heavy atom. The monoisotopic (exact) mass is 718 g/mol. The molecule has 6 heterocycles. The van der Waals surface area contributed by atoms with E-state index in [2.05, 4.69) is 19.4 Å². The largest absolute Gasteiger partial charge is 0.383 e. The van der Waals surface area contributed by atoms with E-state index in [1.807, 2.05) is 41.1 Å². The normalized spacial score (nSPS) is 23.7. The molecule has 0 unspecified atom stereocenters. The summed E-state index contributed by atoms with van der Waals surface area (Å²) in [5, 5.41) is 6.17. The van der Waals surface area contributed by atoms with Gasteiger partial charge in [-0.15, -0.1) is 0 Å². The van der Waals surface area contributed by atoms with Crippen LogP contribution in [0, 0.1) is 5.92 Å². The van der Waals surface area contributed by atoms with Crippen LogP contribution in [-0.2, 0) is 14.9 Å². The van der Waals surface area contributed by atoms with Crippen LogP contribution in [0.15, 0.2) is 36.4 Å². The third kappa shape index (κ3) is 7.29. The summed E-state index contributed by atoms with van der Waals surface area (Å²) in [6, 6.07) is 12.5. The molecule has 2 aromatic heterocycles. The van der Waals surface area contributed by atoms with Gasteiger partial charge in [-0.3, -0.25) is 9.69 Å². The fourth-order valence-electron chi connectivity index (χ4n) is 9.25. The van der Waals surface area contributed by atoms with Gasteiger partial charge in [0.05, 0.1) is 29.1 Å². The molecule has 1 N–H and O–H groups in total. The molecule has 4 aliphatic heterocycles. The number of hydrogen-bond donors (Lipinski definition) is 1. The third-order valence-corrected chi connectivity index (χ3v) is 13.8. The first-order valence-corrected chi connectivity index (χ1v) is 20.8. The minimum atomic E-state index is -4.07. The van der Waals surface area contributed by atoms with Gasteiger partial charge >= 0.3 is 10.2 Å². The Kier molecular flexibility index (Phi) is 10.3. The summed E-state index contributed by atoms with van der Waals surface area (Å²) in [5.74, 6) is 0.303. The summed E-state index contributed by atoms with van der Waals surface area (Å²) < 4.78 is 38.6. The van der Waals surface area contributed by atoms with Gasteiger partial charge in [-0.05, 0) is 108 Å². The first kappa shape index (κ1) is 35.0. The van der Waals surface area contributed by atoms with Crippen molar-refractivity contribution in [3.05, 3.63) is 47.8 Å². The van der Waals surface area contributed by atoms with Crippen molar-refractivity contribution in [1.29, 1.82) is 0 Å². The van der Waals surface area contributed by atoms with Gasteiger partial charge in [-0.2, -0.15) is 17.8 Å². The van der Waals surface area contributed by atoms with Crippen LogP contribution >= 0.6 is 0 Å². The van der Waals surface area contributed by atoms with E-state index >= 15 is 0 Å². The number of aromatic nitrogens is 3. The summed E-state index contributed by atoms with van der Waals surface area (Å²) >= 11 is 0. The van der Waals surface area contributed by atoms with Crippen LogP contribution in [0.4, 0.5) is 5.69 Å². The minimum absolute atomic E-state index is 0.104. The van der Waals surface area contributed by atoms with E-state index in [-0.39, 0.29) is 5.69 Å². The lowest BCUT2D eigenvalue weighted by atomic mass is 9.81. The van der Waals surface area contributed by atoms with Gasteiger partial charge in [0.2, 0.25) is 0 Å². The molecular weight excluding hydrogens is 665 g/mol. The number of hydrogen-bond acceptors (Lipinski definition) is 9. The van der Waals surface area contributed by atoms with Gasteiger partial charge in [-0.25, -0.2) is 14.4 Å². The van der Waals surface area contributed by atoms with E-state index in [1.54, 1.807) is 7.11 Å². The molecule has 1 aromatic carbocycles. The van der Waals surface area contributed by atoms with Crippen LogP contribution in [0.1, 0.15) is 92.7 Å². The maximum Gasteiger partial charge on any atom is 0.304 e. The zero-order valence-corrected chi connectivity index (χ0v) is 30.9. The van der Waals surface area contributed by atoms with Crippen molar-refractivity contribution >= 4 is 32.8 Å². The van der Waals surface area contributed by atoms with Crippen LogP contribution in [0.5, 0.6) is 0 Å². The number of anilines is 1. The molecule has 1 amide bonds. The number of para-hydroxylation sites is 1. The van der Waals surface area contributed by atoms with Crippen molar-refractivity contribution in [3.63, 3.8) is 0 Å². The van der Waals surface area contributed by atoms with Crippen molar-refractivity contribution in [3.8, 4) is 5.69 Å². The number of nitrogens with one attached hydrogen (secondary N) is 1. The number of methoxy groups -OCH3 is 1. The van der Waals surface area contributed by atoms with Gasteiger partial charge in [-0.1, -0.05) is 24.6 Å². The quantitative estimate of drug-likeness (QED) is 0.305. The lowest BCUT2D eigenvalue weighted by Gasteiger charge is -2.38. The molecule has 0 spiro atoms. The van der Waals surface area contributed by atoms with E-state index < -0.39 is 16.1 Å². The molecule has 5 fully saturated rings. The highest BCUT2D eigenvalue weighted by molar-refractivity contribution is 7.87. The predicted octanol–water partition coefficient (Wildman–Crippen LogP) is 4.55. The Labute approximate surface area is 302 Å². The van der Waals surface area contributed by atoms with Crippen LogP contribution in [0.25, 0.3) is 16.7 Å². The van der Waals surface area contributed by atoms with Crippen molar-refractivity contribution in [1.82, 2.24) is 33.6 Å². The zero-order chi connectivity index (χ0) is 35.0. The number of rotatable bonds is 11. The van der Waals surface area contributed by atoms with Gasteiger partial charge in [0.15, 0.2) is 5.65 Å². The molecule has 276 valence electrons. The smallest absolute Gasteiger partial charge is 0.304 e. The van der Waals surface area contributed by atoms with E-state index in [9.17, 15) is 13.2 Å². The number of ether oxygens (including phenoxy) is 1. The number of amides is 1. The Hall–Kier alpha value is -3.10. The summed E-state index contributed by atoms with van der Waals surface area (Å²) in [7, 11) is -2.33. The third-order valence-electron chi connectivity index (χ3n) is 12.3. The fourth-order valence-corrected chi connectivity index (χ4v) is 10.4. The Bertz CT molecular complexity index is 1780. The van der Waals surface area contributed by atoms with Gasteiger partial charge in [0.25, 0.3) is 5.91 Å². The van der Waals surface area contributed by atoms with Gasteiger partial charge in [0.1, 0.15) is 5.69 Å². The molecule has 4 saturated heterocycles. The highest BCUT2D eigenvalue weighted by Crippen LogP contribution is 2.43. The van der Waals surface area contributed by atoms with Crippen molar-refractivity contribution in [2.24, 2.45) is 5.92 Å². The molecule has 0 bridgehead atoms. The topological polar surface area (TPSA) is 116 Å². The lowest BCUT2D eigenvalue weighted by Crippen LogP contribution is -2.52. The van der Waals surface area contributed by atoms with Crippen LogP contribution in [0.3, 0.4) is 0 Å². The van der Waals surface area contributed by atoms with Gasteiger partial charge < -0.3 is 14.5 Å². The number of carbonyl (C=O) groups excluding carboxylic acids is 1. The molecule has 12 nitrogen and oxygen atoms in total. The molecule has 13 heteroatoms. The van der Waals surface area contributed by atoms with Crippen LogP contribution in [0.2, 0.25) is 0 Å². The molecule has 5 aliphatic rings. The number of benzene rings is 1. The van der Waals surface area contributed by atoms with E-state index in [4.69, 9.17) is 14.8 Å². The van der Waals surface area contributed by atoms with E-state index in [0.717, 1.165) is 100 Å². The van der Waals surface area contributed by atoms with Crippen LogP contribution in [-0.4, -0.2) is 121 Å². The summed E-state index contributed by atoms with van der Waals surface area (Å²) in [5.41, 5.74) is 3.57. The number of pyridine rings is 1. The molecule has 1 saturated carbocycles. The lowest BCUT2D eigenvalue weighted by molar-refractivity contribution is 0.0694. The Balaban J connectivity index is 1.07. The maximum atomic E-state index is 14.0. The second-order valence-corrected chi connectivity index (χ2v) is 17.2. The highest BCUT2D eigenvalue weighted by atomic mass is 32.2. The van der Waals surface area contributed by atoms with Gasteiger partial charge in [0, 0.05) is 57.8 Å². The minimum Gasteiger partial charge on any atom is -0.383 e. The number of nitrogens with zero attached hydrogens (tertiary/aromatic N) is 7. The predicted molar refractivity (Wildman–Crippen MR) is 199 cm³/mol. The second kappa shape index (κ2) is 15.1. The summed E-state index contributed by atoms with van der Waals surface area (Å²) in [6.07, 6.45) is 11.8. The average Bonchev–Trinajstić information content (AvgIpc) is 3.89. The average molecular weight is 719 g/mol. The van der Waals surface area contributed by atoms with Crippen molar-refractivity contribution in [2.45, 2.75) is 88.6 Å². The molecule has 0 radical (unpaired) electrons. The standard InChI is InChI=1S/C38H54N8O4S/c1-50-27-32-13-8-20-45(32)30-16-23-44(24-17-30)51(48,49)41-38(47)33-25-34(43-21-14-28(15-22-43)26-42-18-5-6-19-42)35-36(29-9-7-10-29)40-46(37(35)39-33)31-11-3-2-4-12-31/h2-4,11-12,25,28-30,32H,5-10,13-24,26-27H2,1H3,(H,41,47)/t32-/m1/s1. The molecule has 8 rings (SSSR count). The van der Waals surface area contributed by atoms with Crippen molar-refractivity contribution in [2.75, 3.05) is 71.0 Å². The number of carbonyl (C=O) groups is 1. The molecule has 1 atom stereocenters. The number of likely N-dealkylation sites (tertiary alicyclic amines) is 2. The van der Waals surface area contributed by atoms with Crippen molar-refractivity contribution < 1.29 is 17.9 Å². The highest BCUT2D eigenvalue weighted by Gasteiger charge is 2.37. The van der Waals surface area contributed by atoms with E-state index in [0.29, 0.717) is 49.3 Å². The number of fused-ring (bicyclic) bond motifs is 1.